The Hall–Kier alpha value is -3.04. The molecule has 1 unspecified atom stereocenters. The summed E-state index contributed by atoms with van der Waals surface area (Å²) >= 11 is 0. The molecule has 34 heavy (non-hydrogen) atoms. The number of esters is 1. The van der Waals surface area contributed by atoms with E-state index < -0.39 is 34.0 Å². The largest absolute Gasteiger partial charge is 0.453 e. The number of nitrogens with zero attached hydrogens (tertiary/aromatic N) is 1. The van der Waals surface area contributed by atoms with Gasteiger partial charge in [-0.25, -0.2) is 13.2 Å². The molecule has 0 saturated carbocycles. The summed E-state index contributed by atoms with van der Waals surface area (Å²) in [7, 11) is -3.75. The number of amides is 1. The third-order valence-electron chi connectivity index (χ3n) is 5.37. The van der Waals surface area contributed by atoms with Crippen LogP contribution in [-0.4, -0.2) is 55.6 Å². The molecule has 9 heteroatoms. The van der Waals surface area contributed by atoms with E-state index in [0.717, 1.165) is 0 Å². The first-order valence-electron chi connectivity index (χ1n) is 11.2. The maximum Gasteiger partial charge on any atom is 0.329 e. The minimum absolute atomic E-state index is 0.00500. The smallest absolute Gasteiger partial charge is 0.329 e. The van der Waals surface area contributed by atoms with Gasteiger partial charge in [0.1, 0.15) is 6.04 Å². The molecule has 1 amide bonds. The van der Waals surface area contributed by atoms with Gasteiger partial charge in [-0.2, -0.15) is 4.31 Å². The lowest BCUT2D eigenvalue weighted by Gasteiger charge is -2.23. The van der Waals surface area contributed by atoms with Crippen LogP contribution in [0.5, 0.6) is 0 Å². The maximum absolute atomic E-state index is 12.9. The molecule has 0 aliphatic carbocycles. The average molecular weight is 489 g/mol. The third-order valence-corrected chi connectivity index (χ3v) is 7.41. The van der Waals surface area contributed by atoms with E-state index in [9.17, 15) is 22.8 Å². The second-order valence-corrected chi connectivity index (χ2v) is 10.1. The van der Waals surface area contributed by atoms with Crippen LogP contribution in [0.2, 0.25) is 0 Å². The van der Waals surface area contributed by atoms with Gasteiger partial charge in [0.2, 0.25) is 15.8 Å². The van der Waals surface area contributed by atoms with Crippen LogP contribution < -0.4 is 5.32 Å². The average Bonchev–Trinajstić information content (AvgIpc) is 2.82. The van der Waals surface area contributed by atoms with E-state index in [1.54, 1.807) is 58.0 Å². The minimum atomic E-state index is -3.75. The Morgan fingerprint density at radius 1 is 0.912 bits per heavy atom. The molecular formula is C25H32N2O6S. The predicted octanol–water partition coefficient (Wildman–Crippen LogP) is 3.29. The fraction of sp³-hybridized carbons (Fsp3) is 0.400. The van der Waals surface area contributed by atoms with Crippen molar-refractivity contribution in [2.75, 3.05) is 13.1 Å². The van der Waals surface area contributed by atoms with E-state index in [4.69, 9.17) is 4.74 Å². The van der Waals surface area contributed by atoms with Crippen molar-refractivity contribution in [1.29, 1.82) is 0 Å². The SMILES string of the molecule is CCN(CC)S(=O)(=O)c1cccc(C(=O)N[C@H](C(=O)OC(C)C(=O)c2ccccc2)C(C)C)c1. The van der Waals surface area contributed by atoms with Gasteiger partial charge in [0.15, 0.2) is 6.10 Å². The number of hydrogen-bond acceptors (Lipinski definition) is 6. The van der Waals surface area contributed by atoms with Crippen LogP contribution >= 0.6 is 0 Å². The fourth-order valence-corrected chi connectivity index (χ4v) is 4.88. The number of benzene rings is 2. The number of ketones is 1. The van der Waals surface area contributed by atoms with E-state index in [1.807, 2.05) is 0 Å². The zero-order valence-electron chi connectivity index (χ0n) is 20.1. The van der Waals surface area contributed by atoms with Gasteiger partial charge >= 0.3 is 5.97 Å². The van der Waals surface area contributed by atoms with Gasteiger partial charge in [-0.3, -0.25) is 9.59 Å². The third kappa shape index (κ3) is 6.51. The zero-order chi connectivity index (χ0) is 25.5. The molecule has 0 heterocycles. The molecule has 1 N–H and O–H groups in total. The summed E-state index contributed by atoms with van der Waals surface area (Å²) < 4.78 is 32.3. The molecule has 0 bridgehead atoms. The normalized spacial score (nSPS) is 13.4. The van der Waals surface area contributed by atoms with Crippen LogP contribution in [0.1, 0.15) is 55.3 Å². The van der Waals surface area contributed by atoms with Crippen LogP contribution in [0.3, 0.4) is 0 Å². The van der Waals surface area contributed by atoms with Crippen molar-refractivity contribution < 1.29 is 27.5 Å². The van der Waals surface area contributed by atoms with Gasteiger partial charge in [-0.1, -0.05) is 64.1 Å². The number of rotatable bonds is 11. The number of Topliss-reactive ketones (excluding diaryl/α,β-unsaturated/α-hetero) is 1. The zero-order valence-corrected chi connectivity index (χ0v) is 21.0. The first-order chi connectivity index (χ1) is 16.0. The number of ether oxygens (including phenoxy) is 1. The molecule has 8 nitrogen and oxygen atoms in total. The fourth-order valence-electron chi connectivity index (χ4n) is 3.37. The first-order valence-corrected chi connectivity index (χ1v) is 12.7. The van der Waals surface area contributed by atoms with E-state index in [2.05, 4.69) is 5.32 Å². The Morgan fingerprint density at radius 2 is 1.50 bits per heavy atom. The molecule has 2 aromatic rings. The molecular weight excluding hydrogens is 456 g/mol. The predicted molar refractivity (Wildman–Crippen MR) is 129 cm³/mol. The quantitative estimate of drug-likeness (QED) is 0.384. The van der Waals surface area contributed by atoms with Gasteiger partial charge in [0.25, 0.3) is 5.91 Å². The second-order valence-electron chi connectivity index (χ2n) is 8.12. The Kier molecular flexibility index (Phi) is 9.52. The number of carbonyl (C=O) groups excluding carboxylic acids is 3. The van der Waals surface area contributed by atoms with Gasteiger partial charge in [-0.15, -0.1) is 0 Å². The molecule has 0 aliphatic rings. The van der Waals surface area contributed by atoms with Crippen LogP contribution in [-0.2, 0) is 19.6 Å². The standard InChI is InChI=1S/C25H32N2O6S/c1-6-27(7-2)34(31,32)21-15-11-14-20(16-21)24(29)26-22(17(3)4)25(30)33-18(5)23(28)19-12-9-8-10-13-19/h8-18,22H,6-7H2,1-5H3,(H,26,29)/t18?,22-/m0/s1. The summed E-state index contributed by atoms with van der Waals surface area (Å²) in [5.41, 5.74) is 0.513. The van der Waals surface area contributed by atoms with Crippen molar-refractivity contribution in [2.24, 2.45) is 5.92 Å². The lowest BCUT2D eigenvalue weighted by molar-refractivity contribution is -0.149. The molecule has 0 saturated heterocycles. The highest BCUT2D eigenvalue weighted by atomic mass is 32.2. The van der Waals surface area contributed by atoms with Crippen molar-refractivity contribution in [3.63, 3.8) is 0 Å². The van der Waals surface area contributed by atoms with E-state index >= 15 is 0 Å². The molecule has 2 aromatic carbocycles. The highest BCUT2D eigenvalue weighted by Crippen LogP contribution is 2.18. The molecule has 0 spiro atoms. The lowest BCUT2D eigenvalue weighted by Crippen LogP contribution is -2.46. The summed E-state index contributed by atoms with van der Waals surface area (Å²) in [5, 5.41) is 2.62. The van der Waals surface area contributed by atoms with Crippen LogP contribution in [0.4, 0.5) is 0 Å². The molecule has 0 fully saturated rings. The number of nitrogens with one attached hydrogen (secondary N) is 1. The number of sulfonamides is 1. The highest BCUT2D eigenvalue weighted by molar-refractivity contribution is 7.89. The summed E-state index contributed by atoms with van der Waals surface area (Å²) in [6, 6.07) is 13.1. The maximum atomic E-state index is 12.9. The van der Waals surface area contributed by atoms with E-state index in [-0.39, 0.29) is 22.2 Å². The number of hydrogen-bond donors (Lipinski definition) is 1. The summed E-state index contributed by atoms with van der Waals surface area (Å²) in [6.45, 7) is 9.02. The Morgan fingerprint density at radius 3 is 2.06 bits per heavy atom. The van der Waals surface area contributed by atoms with Crippen molar-refractivity contribution in [2.45, 2.75) is 51.7 Å². The van der Waals surface area contributed by atoms with Crippen LogP contribution in [0.15, 0.2) is 59.5 Å². The Bertz CT molecular complexity index is 1110. The second kappa shape index (κ2) is 11.9. The lowest BCUT2D eigenvalue weighted by atomic mass is 10.0. The van der Waals surface area contributed by atoms with Gasteiger partial charge < -0.3 is 10.1 Å². The topological polar surface area (TPSA) is 110 Å². The number of carbonyl (C=O) groups is 3. The Labute approximate surface area is 201 Å². The van der Waals surface area contributed by atoms with Gasteiger partial charge in [0, 0.05) is 24.2 Å². The summed E-state index contributed by atoms with van der Waals surface area (Å²) in [6.07, 6.45) is -1.03. The molecule has 2 atom stereocenters. The molecule has 2 rings (SSSR count). The Balaban J connectivity index is 2.17. The molecule has 184 valence electrons. The molecule has 0 aromatic heterocycles. The molecule has 0 aliphatic heterocycles. The van der Waals surface area contributed by atoms with Crippen molar-refractivity contribution in [3.05, 3.63) is 65.7 Å². The van der Waals surface area contributed by atoms with Crippen LogP contribution in [0, 0.1) is 5.92 Å². The van der Waals surface area contributed by atoms with Gasteiger partial charge in [-0.05, 0) is 31.0 Å². The van der Waals surface area contributed by atoms with Crippen molar-refractivity contribution in [1.82, 2.24) is 9.62 Å². The van der Waals surface area contributed by atoms with Gasteiger partial charge in [0.05, 0.1) is 4.90 Å². The van der Waals surface area contributed by atoms with Crippen LogP contribution in [0.25, 0.3) is 0 Å². The minimum Gasteiger partial charge on any atom is -0.453 e. The van der Waals surface area contributed by atoms with E-state index in [1.165, 1.54) is 35.5 Å². The van der Waals surface area contributed by atoms with E-state index in [0.29, 0.717) is 18.7 Å². The molecule has 0 radical (unpaired) electrons. The summed E-state index contributed by atoms with van der Waals surface area (Å²) in [5.74, 6) is -2.04. The first kappa shape index (κ1) is 27.2. The highest BCUT2D eigenvalue weighted by Gasteiger charge is 2.30. The van der Waals surface area contributed by atoms with Crippen molar-refractivity contribution in [3.8, 4) is 0 Å². The van der Waals surface area contributed by atoms with Crippen molar-refractivity contribution >= 4 is 27.7 Å². The summed E-state index contributed by atoms with van der Waals surface area (Å²) in [4.78, 5) is 38.2. The monoisotopic (exact) mass is 488 g/mol.